The van der Waals surface area contributed by atoms with Crippen LogP contribution in [0, 0.1) is 10.1 Å². The number of carbonyl (C=O) groups is 1. The minimum absolute atomic E-state index is 0.0449. The first-order chi connectivity index (χ1) is 12.5. The lowest BCUT2D eigenvalue weighted by Gasteiger charge is -2.07. The standard InChI is InChI=1S/C18H15ClN4O3/c19-14-4-7-17(23(25)26)16(12-14)18(24)20-10-8-13-2-5-15(6-3-13)22-11-1-9-21-22/h1-7,9,11-12H,8,10H2,(H,20,24). The molecule has 0 atom stereocenters. The number of halogens is 1. The van der Waals surface area contributed by atoms with Crippen molar-refractivity contribution in [2.45, 2.75) is 6.42 Å². The molecular formula is C18H15ClN4O3. The Labute approximate surface area is 154 Å². The summed E-state index contributed by atoms with van der Waals surface area (Å²) >= 11 is 5.84. The lowest BCUT2D eigenvalue weighted by molar-refractivity contribution is -0.385. The van der Waals surface area contributed by atoms with Crippen LogP contribution in [0.4, 0.5) is 5.69 Å². The molecule has 132 valence electrons. The van der Waals surface area contributed by atoms with Crippen LogP contribution in [-0.2, 0) is 6.42 Å². The third-order valence-corrected chi connectivity index (χ3v) is 4.04. The number of benzene rings is 2. The molecule has 26 heavy (non-hydrogen) atoms. The smallest absolute Gasteiger partial charge is 0.282 e. The number of nitro benzene ring substituents is 1. The summed E-state index contributed by atoms with van der Waals surface area (Å²) in [5.41, 5.74) is 1.66. The van der Waals surface area contributed by atoms with Gasteiger partial charge in [0.25, 0.3) is 11.6 Å². The van der Waals surface area contributed by atoms with Gasteiger partial charge < -0.3 is 5.32 Å². The maximum atomic E-state index is 12.2. The Balaban J connectivity index is 1.61. The number of amides is 1. The fourth-order valence-electron chi connectivity index (χ4n) is 2.50. The number of carbonyl (C=O) groups excluding carboxylic acids is 1. The van der Waals surface area contributed by atoms with Gasteiger partial charge in [0.05, 0.1) is 10.6 Å². The molecule has 1 heterocycles. The zero-order valence-corrected chi connectivity index (χ0v) is 14.4. The molecule has 0 bridgehead atoms. The van der Waals surface area contributed by atoms with E-state index in [-0.39, 0.29) is 16.3 Å². The van der Waals surface area contributed by atoms with Crippen LogP contribution < -0.4 is 5.32 Å². The molecule has 8 heteroatoms. The van der Waals surface area contributed by atoms with Crippen molar-refractivity contribution in [2.75, 3.05) is 6.54 Å². The molecule has 2 aromatic carbocycles. The molecule has 7 nitrogen and oxygen atoms in total. The highest BCUT2D eigenvalue weighted by Gasteiger charge is 2.20. The zero-order valence-electron chi connectivity index (χ0n) is 13.6. The number of hydrogen-bond donors (Lipinski definition) is 1. The first-order valence-corrected chi connectivity index (χ1v) is 8.23. The highest BCUT2D eigenvalue weighted by Crippen LogP contribution is 2.22. The van der Waals surface area contributed by atoms with Gasteiger partial charge in [-0.1, -0.05) is 23.7 Å². The van der Waals surface area contributed by atoms with Crippen LogP contribution in [0.3, 0.4) is 0 Å². The van der Waals surface area contributed by atoms with Gasteiger partial charge in [-0.15, -0.1) is 0 Å². The first-order valence-electron chi connectivity index (χ1n) is 7.86. The number of nitrogens with one attached hydrogen (secondary N) is 1. The van der Waals surface area contributed by atoms with Crippen LogP contribution in [0.15, 0.2) is 60.9 Å². The van der Waals surface area contributed by atoms with Gasteiger partial charge in [-0.2, -0.15) is 5.10 Å². The highest BCUT2D eigenvalue weighted by atomic mass is 35.5. The van der Waals surface area contributed by atoms with Crippen LogP contribution in [0.1, 0.15) is 15.9 Å². The summed E-state index contributed by atoms with van der Waals surface area (Å²) in [5, 5.41) is 18.2. The van der Waals surface area contributed by atoms with Gasteiger partial charge in [-0.25, -0.2) is 4.68 Å². The fourth-order valence-corrected chi connectivity index (χ4v) is 2.67. The van der Waals surface area contributed by atoms with Crippen molar-refractivity contribution in [3.63, 3.8) is 0 Å². The Morgan fingerprint density at radius 3 is 2.65 bits per heavy atom. The summed E-state index contributed by atoms with van der Waals surface area (Å²) in [6.07, 6.45) is 4.16. The van der Waals surface area contributed by atoms with Crippen LogP contribution in [0.25, 0.3) is 5.69 Å². The minimum Gasteiger partial charge on any atom is -0.351 e. The van der Waals surface area contributed by atoms with Gasteiger partial charge in [0.2, 0.25) is 0 Å². The minimum atomic E-state index is -0.598. The predicted molar refractivity (Wildman–Crippen MR) is 97.7 cm³/mol. The first kappa shape index (κ1) is 17.6. The molecule has 0 aliphatic carbocycles. The molecule has 1 amide bonds. The third kappa shape index (κ3) is 4.07. The van der Waals surface area contributed by atoms with Crippen LogP contribution in [0.2, 0.25) is 5.02 Å². The quantitative estimate of drug-likeness (QED) is 0.531. The van der Waals surface area contributed by atoms with Crippen molar-refractivity contribution < 1.29 is 9.72 Å². The molecule has 0 spiro atoms. The van der Waals surface area contributed by atoms with Gasteiger partial charge in [0.15, 0.2) is 0 Å². The number of nitrogens with zero attached hydrogens (tertiary/aromatic N) is 3. The molecule has 0 aliphatic rings. The monoisotopic (exact) mass is 370 g/mol. The molecule has 0 saturated carbocycles. The van der Waals surface area contributed by atoms with E-state index in [1.165, 1.54) is 18.2 Å². The number of nitro groups is 1. The Bertz CT molecular complexity index is 924. The van der Waals surface area contributed by atoms with Crippen LogP contribution >= 0.6 is 11.6 Å². The fraction of sp³-hybridized carbons (Fsp3) is 0.111. The van der Waals surface area contributed by atoms with E-state index in [0.29, 0.717) is 13.0 Å². The summed E-state index contributed by atoms with van der Waals surface area (Å²) in [4.78, 5) is 22.7. The van der Waals surface area contributed by atoms with Crippen molar-refractivity contribution in [3.05, 3.63) is 87.2 Å². The van der Waals surface area contributed by atoms with Crippen molar-refractivity contribution >= 4 is 23.2 Å². The molecule has 1 N–H and O–H groups in total. The SMILES string of the molecule is O=C(NCCc1ccc(-n2cccn2)cc1)c1cc(Cl)ccc1[N+](=O)[O-]. The van der Waals surface area contributed by atoms with E-state index in [1.807, 2.05) is 36.5 Å². The second-order valence-corrected chi connectivity index (χ2v) is 5.98. The summed E-state index contributed by atoms with van der Waals surface area (Å²) < 4.78 is 1.75. The van der Waals surface area contributed by atoms with E-state index in [1.54, 1.807) is 10.9 Å². The topological polar surface area (TPSA) is 90.1 Å². The van der Waals surface area contributed by atoms with Gasteiger partial charge >= 0.3 is 0 Å². The number of aromatic nitrogens is 2. The average Bonchev–Trinajstić information content (AvgIpc) is 3.16. The maximum absolute atomic E-state index is 12.2. The molecule has 0 saturated heterocycles. The molecule has 0 unspecified atom stereocenters. The summed E-state index contributed by atoms with van der Waals surface area (Å²) in [7, 11) is 0. The Morgan fingerprint density at radius 1 is 1.23 bits per heavy atom. The molecule has 0 fully saturated rings. The third-order valence-electron chi connectivity index (χ3n) is 3.80. The molecule has 3 rings (SSSR count). The van der Waals surface area contributed by atoms with Crippen LogP contribution in [-0.4, -0.2) is 27.2 Å². The maximum Gasteiger partial charge on any atom is 0.282 e. The second kappa shape index (κ2) is 7.79. The number of rotatable bonds is 6. The zero-order chi connectivity index (χ0) is 18.5. The van der Waals surface area contributed by atoms with E-state index in [0.717, 1.165) is 11.3 Å². The molecule has 0 radical (unpaired) electrons. The van der Waals surface area contributed by atoms with Gasteiger partial charge in [-0.05, 0) is 42.3 Å². The summed E-state index contributed by atoms with van der Waals surface area (Å²) in [5.74, 6) is -0.521. The second-order valence-electron chi connectivity index (χ2n) is 5.54. The molecule has 3 aromatic rings. The summed E-state index contributed by atoms with van der Waals surface area (Å²) in [6.45, 7) is 0.351. The lowest BCUT2D eigenvalue weighted by Crippen LogP contribution is -2.26. The van der Waals surface area contributed by atoms with Gasteiger partial charge in [0, 0.05) is 30.0 Å². The van der Waals surface area contributed by atoms with Crippen molar-refractivity contribution in [1.29, 1.82) is 0 Å². The molecule has 0 aliphatic heterocycles. The average molecular weight is 371 g/mol. The van der Waals surface area contributed by atoms with E-state index in [2.05, 4.69) is 10.4 Å². The van der Waals surface area contributed by atoms with Crippen molar-refractivity contribution in [1.82, 2.24) is 15.1 Å². The Hall–Kier alpha value is -3.19. The Morgan fingerprint density at radius 2 is 2.00 bits per heavy atom. The van der Waals surface area contributed by atoms with E-state index in [4.69, 9.17) is 11.6 Å². The highest BCUT2D eigenvalue weighted by molar-refractivity contribution is 6.31. The number of hydrogen-bond acceptors (Lipinski definition) is 4. The van der Waals surface area contributed by atoms with Crippen LogP contribution in [0.5, 0.6) is 0 Å². The predicted octanol–water partition coefficient (Wildman–Crippen LogP) is 3.41. The Kier molecular flexibility index (Phi) is 5.28. The van der Waals surface area contributed by atoms with Crippen molar-refractivity contribution in [2.24, 2.45) is 0 Å². The largest absolute Gasteiger partial charge is 0.351 e. The molecule has 1 aromatic heterocycles. The molecular weight excluding hydrogens is 356 g/mol. The summed E-state index contributed by atoms with van der Waals surface area (Å²) in [6, 6.07) is 13.5. The lowest BCUT2D eigenvalue weighted by atomic mass is 10.1. The van der Waals surface area contributed by atoms with E-state index < -0.39 is 10.8 Å². The van der Waals surface area contributed by atoms with Crippen molar-refractivity contribution in [3.8, 4) is 5.69 Å². The van der Waals surface area contributed by atoms with E-state index in [9.17, 15) is 14.9 Å². The van der Waals surface area contributed by atoms with Gasteiger partial charge in [0.1, 0.15) is 5.56 Å². The van der Waals surface area contributed by atoms with Gasteiger partial charge in [-0.3, -0.25) is 14.9 Å². The normalized spacial score (nSPS) is 10.5. The van der Waals surface area contributed by atoms with E-state index >= 15 is 0 Å².